The number of nitrogens with one attached hydrogen (secondary N) is 2. The van der Waals surface area contributed by atoms with Crippen LogP contribution in [0.4, 0.5) is 11.4 Å². The van der Waals surface area contributed by atoms with Crippen LogP contribution in [0.3, 0.4) is 0 Å². The number of rotatable bonds is 7. The van der Waals surface area contributed by atoms with Crippen molar-refractivity contribution < 1.29 is 16.8 Å². The van der Waals surface area contributed by atoms with Gasteiger partial charge in [-0.15, -0.1) is 0 Å². The van der Waals surface area contributed by atoms with Crippen molar-refractivity contribution in [2.45, 2.75) is 23.6 Å². The molecule has 4 aromatic rings. The van der Waals surface area contributed by atoms with E-state index in [1.54, 1.807) is 18.5 Å². The van der Waals surface area contributed by atoms with Crippen molar-refractivity contribution in [2.75, 3.05) is 9.44 Å². The van der Waals surface area contributed by atoms with Gasteiger partial charge in [-0.1, -0.05) is 41.4 Å². The fourth-order valence-corrected chi connectivity index (χ4v) is 6.32. The lowest BCUT2D eigenvalue weighted by Gasteiger charge is -2.11. The molecule has 12 heteroatoms. The number of para-hydroxylation sites is 1. The SMILES string of the molecule is Cc1nn(-c2ccccc2)c(C)c1S(=O)(=O)Nc1ccc(S(=O)(=O)Nc2ccc(Cl)c(Cl)c2)cc1. The van der Waals surface area contributed by atoms with Crippen molar-refractivity contribution in [2.24, 2.45) is 0 Å². The van der Waals surface area contributed by atoms with Gasteiger partial charge in [-0.25, -0.2) is 21.5 Å². The summed E-state index contributed by atoms with van der Waals surface area (Å²) in [5, 5.41) is 4.88. The summed E-state index contributed by atoms with van der Waals surface area (Å²) in [5.74, 6) is 0. The molecule has 182 valence electrons. The Bertz CT molecular complexity index is 1600. The number of aryl methyl sites for hydroxylation is 1. The first-order valence-corrected chi connectivity index (χ1v) is 13.9. The molecule has 8 nitrogen and oxygen atoms in total. The van der Waals surface area contributed by atoms with E-state index in [9.17, 15) is 16.8 Å². The van der Waals surface area contributed by atoms with Gasteiger partial charge in [-0.2, -0.15) is 5.10 Å². The molecule has 0 aliphatic rings. The highest BCUT2D eigenvalue weighted by atomic mass is 35.5. The summed E-state index contributed by atoms with van der Waals surface area (Å²) < 4.78 is 58.2. The summed E-state index contributed by atoms with van der Waals surface area (Å²) in [6, 6.07) is 18.9. The summed E-state index contributed by atoms with van der Waals surface area (Å²) in [5.41, 5.74) is 1.96. The van der Waals surface area contributed by atoms with Crippen LogP contribution in [0, 0.1) is 13.8 Å². The van der Waals surface area contributed by atoms with E-state index in [-0.39, 0.29) is 26.2 Å². The smallest absolute Gasteiger partial charge is 0.265 e. The highest BCUT2D eigenvalue weighted by Crippen LogP contribution is 2.28. The van der Waals surface area contributed by atoms with Crippen LogP contribution in [0.1, 0.15) is 11.4 Å². The van der Waals surface area contributed by atoms with Gasteiger partial charge in [0.15, 0.2) is 0 Å². The fourth-order valence-electron chi connectivity index (χ4n) is 3.52. The zero-order valence-corrected chi connectivity index (χ0v) is 21.7. The quantitative estimate of drug-likeness (QED) is 0.320. The molecule has 4 rings (SSSR count). The van der Waals surface area contributed by atoms with E-state index < -0.39 is 20.0 Å². The van der Waals surface area contributed by atoms with E-state index in [1.165, 1.54) is 42.5 Å². The molecule has 0 radical (unpaired) electrons. The Hall–Kier alpha value is -3.05. The molecule has 0 aliphatic carbocycles. The fraction of sp³-hybridized carbons (Fsp3) is 0.0870. The molecule has 0 saturated heterocycles. The van der Waals surface area contributed by atoms with E-state index in [2.05, 4.69) is 14.5 Å². The van der Waals surface area contributed by atoms with Gasteiger partial charge in [0, 0.05) is 5.69 Å². The number of nitrogens with zero attached hydrogens (tertiary/aromatic N) is 2. The van der Waals surface area contributed by atoms with Crippen LogP contribution >= 0.6 is 23.2 Å². The largest absolute Gasteiger partial charge is 0.280 e. The second kappa shape index (κ2) is 9.54. The predicted molar refractivity (Wildman–Crippen MR) is 138 cm³/mol. The molecule has 0 saturated carbocycles. The number of hydrogen-bond donors (Lipinski definition) is 2. The molecule has 0 fully saturated rings. The Morgan fingerprint density at radius 3 is 1.97 bits per heavy atom. The average molecular weight is 551 g/mol. The second-order valence-electron chi connectivity index (χ2n) is 7.61. The summed E-state index contributed by atoms with van der Waals surface area (Å²) in [4.78, 5) is -0.00452. The summed E-state index contributed by atoms with van der Waals surface area (Å²) in [6.07, 6.45) is 0. The van der Waals surface area contributed by atoms with Crippen LogP contribution in [0.15, 0.2) is 82.6 Å². The minimum absolute atomic E-state index is 0.0549. The maximum Gasteiger partial charge on any atom is 0.265 e. The molecule has 0 atom stereocenters. The highest BCUT2D eigenvalue weighted by Gasteiger charge is 2.25. The third-order valence-corrected chi connectivity index (χ3v) is 8.85. The van der Waals surface area contributed by atoms with Crippen molar-refractivity contribution >= 4 is 54.6 Å². The third-order valence-electron chi connectivity index (χ3n) is 5.08. The minimum atomic E-state index is -3.99. The van der Waals surface area contributed by atoms with Crippen LogP contribution < -0.4 is 9.44 Å². The zero-order valence-electron chi connectivity index (χ0n) is 18.5. The van der Waals surface area contributed by atoms with Crippen LogP contribution in [-0.2, 0) is 20.0 Å². The Balaban J connectivity index is 1.57. The lowest BCUT2D eigenvalue weighted by molar-refractivity contribution is 0.599. The number of hydrogen-bond acceptors (Lipinski definition) is 5. The molecule has 0 aliphatic heterocycles. The Labute approximate surface area is 213 Å². The molecule has 2 N–H and O–H groups in total. The van der Waals surface area contributed by atoms with Gasteiger partial charge < -0.3 is 0 Å². The van der Waals surface area contributed by atoms with Gasteiger partial charge in [0.1, 0.15) is 4.90 Å². The standard InChI is InChI=1S/C23H20Cl2N4O4S2/c1-15-23(16(2)29(26-15)19-6-4-3-5-7-19)35(32,33)27-17-8-11-20(12-9-17)34(30,31)28-18-10-13-21(24)22(25)14-18/h3-14,27-28H,1-2H3. The molecule has 0 spiro atoms. The molecular weight excluding hydrogens is 531 g/mol. The van der Waals surface area contributed by atoms with Gasteiger partial charge >= 0.3 is 0 Å². The van der Waals surface area contributed by atoms with E-state index in [1.807, 2.05) is 30.3 Å². The van der Waals surface area contributed by atoms with Crippen LogP contribution in [-0.4, -0.2) is 26.6 Å². The van der Waals surface area contributed by atoms with E-state index in [0.29, 0.717) is 16.4 Å². The van der Waals surface area contributed by atoms with Gasteiger partial charge in [0.05, 0.1) is 37.7 Å². The molecule has 1 heterocycles. The number of halogens is 2. The monoisotopic (exact) mass is 550 g/mol. The van der Waals surface area contributed by atoms with Gasteiger partial charge in [0.25, 0.3) is 20.0 Å². The topological polar surface area (TPSA) is 110 Å². The first-order chi connectivity index (χ1) is 16.5. The lowest BCUT2D eigenvalue weighted by atomic mass is 10.3. The second-order valence-corrected chi connectivity index (χ2v) is 11.7. The number of benzene rings is 3. The maximum absolute atomic E-state index is 13.2. The van der Waals surface area contributed by atoms with Crippen molar-refractivity contribution in [3.8, 4) is 5.69 Å². The summed E-state index contributed by atoms with van der Waals surface area (Å²) in [7, 11) is -7.93. The Kier molecular flexibility index (Phi) is 6.83. The Morgan fingerprint density at radius 2 is 1.34 bits per heavy atom. The van der Waals surface area contributed by atoms with Crippen LogP contribution in [0.5, 0.6) is 0 Å². The van der Waals surface area contributed by atoms with Gasteiger partial charge in [-0.3, -0.25) is 9.44 Å². The molecule has 35 heavy (non-hydrogen) atoms. The highest BCUT2D eigenvalue weighted by molar-refractivity contribution is 7.93. The normalized spacial score (nSPS) is 11.9. The van der Waals surface area contributed by atoms with Crippen molar-refractivity contribution in [3.05, 3.63) is 94.2 Å². The number of sulfonamides is 2. The third kappa shape index (κ3) is 5.30. The maximum atomic E-state index is 13.2. The average Bonchev–Trinajstić information content (AvgIpc) is 3.11. The van der Waals surface area contributed by atoms with Gasteiger partial charge in [-0.05, 0) is 68.4 Å². The number of anilines is 2. The summed E-state index contributed by atoms with van der Waals surface area (Å²) >= 11 is 11.8. The molecule has 0 bridgehead atoms. The van der Waals surface area contributed by atoms with Crippen LogP contribution in [0.25, 0.3) is 5.69 Å². The first-order valence-electron chi connectivity index (χ1n) is 10.2. The van der Waals surface area contributed by atoms with E-state index in [4.69, 9.17) is 23.2 Å². The van der Waals surface area contributed by atoms with Crippen molar-refractivity contribution in [3.63, 3.8) is 0 Å². The van der Waals surface area contributed by atoms with Gasteiger partial charge in [0.2, 0.25) is 0 Å². The van der Waals surface area contributed by atoms with Crippen molar-refractivity contribution in [1.29, 1.82) is 0 Å². The van der Waals surface area contributed by atoms with E-state index in [0.717, 1.165) is 5.69 Å². The van der Waals surface area contributed by atoms with E-state index >= 15 is 0 Å². The molecular formula is C23H20Cl2N4O4S2. The number of aromatic nitrogens is 2. The molecule has 1 aromatic heterocycles. The first kappa shape index (κ1) is 25.1. The van der Waals surface area contributed by atoms with Crippen LogP contribution in [0.2, 0.25) is 10.0 Å². The molecule has 0 unspecified atom stereocenters. The zero-order chi connectivity index (χ0) is 25.4. The Morgan fingerprint density at radius 1 is 0.743 bits per heavy atom. The molecule has 3 aromatic carbocycles. The minimum Gasteiger partial charge on any atom is -0.280 e. The van der Waals surface area contributed by atoms with Crippen molar-refractivity contribution in [1.82, 2.24) is 9.78 Å². The lowest BCUT2D eigenvalue weighted by Crippen LogP contribution is -2.16. The molecule has 0 amide bonds. The predicted octanol–water partition coefficient (Wildman–Crippen LogP) is 5.40. The summed E-state index contributed by atoms with van der Waals surface area (Å²) in [6.45, 7) is 3.29.